The van der Waals surface area contributed by atoms with Crippen molar-refractivity contribution in [2.75, 3.05) is 26.2 Å². The topological polar surface area (TPSA) is 96.0 Å². The molecule has 0 saturated carbocycles. The van der Waals surface area contributed by atoms with Gasteiger partial charge in [-0.15, -0.1) is 0 Å². The second-order valence-electron chi connectivity index (χ2n) is 10.5. The van der Waals surface area contributed by atoms with Crippen molar-refractivity contribution in [1.29, 1.82) is 0 Å². The van der Waals surface area contributed by atoms with Crippen LogP contribution in [0.4, 0.5) is 4.79 Å². The highest BCUT2D eigenvalue weighted by molar-refractivity contribution is 7.89. The maximum Gasteiger partial charge on any atom is 0.410 e. The Kier molecular flexibility index (Phi) is 9.53. The van der Waals surface area contributed by atoms with Gasteiger partial charge in [0.1, 0.15) is 5.60 Å². The molecule has 2 amide bonds. The Morgan fingerprint density at radius 1 is 1.24 bits per heavy atom. The number of nitrogens with zero attached hydrogens (tertiary/aromatic N) is 2. The van der Waals surface area contributed by atoms with E-state index >= 15 is 0 Å². The van der Waals surface area contributed by atoms with E-state index in [1.807, 2.05) is 47.6 Å². The SMILES string of the molecule is Cc1ccc(C)c(S(=O)(=O)NCCC(=O)N2CCCC(CN(C(=O)OC(C)(C)C)C(C)C)C2)c1. The van der Waals surface area contributed by atoms with Gasteiger partial charge in [-0.1, -0.05) is 12.1 Å². The molecule has 1 saturated heterocycles. The summed E-state index contributed by atoms with van der Waals surface area (Å²) >= 11 is 0. The van der Waals surface area contributed by atoms with Gasteiger partial charge in [0.25, 0.3) is 0 Å². The van der Waals surface area contributed by atoms with E-state index in [2.05, 4.69) is 4.72 Å². The molecule has 34 heavy (non-hydrogen) atoms. The normalized spacial score (nSPS) is 17.1. The molecule has 1 aliphatic rings. The Morgan fingerprint density at radius 3 is 2.53 bits per heavy atom. The molecule has 0 aromatic heterocycles. The van der Waals surface area contributed by atoms with E-state index in [9.17, 15) is 18.0 Å². The summed E-state index contributed by atoms with van der Waals surface area (Å²) in [6, 6.07) is 5.27. The number of piperidine rings is 1. The van der Waals surface area contributed by atoms with Crippen LogP contribution in [0.3, 0.4) is 0 Å². The third kappa shape index (κ3) is 8.27. The third-order valence-electron chi connectivity index (χ3n) is 5.84. The molecule has 9 heteroatoms. The molecule has 0 spiro atoms. The lowest BCUT2D eigenvalue weighted by atomic mass is 9.96. The summed E-state index contributed by atoms with van der Waals surface area (Å²) in [6.07, 6.45) is 1.53. The summed E-state index contributed by atoms with van der Waals surface area (Å²) in [6.45, 7) is 14.8. The molecule has 1 aliphatic heterocycles. The first-order valence-corrected chi connectivity index (χ1v) is 13.5. The zero-order valence-electron chi connectivity index (χ0n) is 21.7. The predicted molar refractivity (Wildman–Crippen MR) is 133 cm³/mol. The van der Waals surface area contributed by atoms with E-state index in [0.29, 0.717) is 25.2 Å². The molecule has 2 rings (SSSR count). The summed E-state index contributed by atoms with van der Waals surface area (Å²) in [4.78, 5) is 29.2. The number of nitrogens with one attached hydrogen (secondary N) is 1. The highest BCUT2D eigenvalue weighted by Gasteiger charge is 2.30. The Bertz CT molecular complexity index is 969. The zero-order chi connectivity index (χ0) is 25.7. The average molecular weight is 496 g/mol. The Hall–Kier alpha value is -2.13. The van der Waals surface area contributed by atoms with Crippen LogP contribution in [-0.2, 0) is 19.6 Å². The van der Waals surface area contributed by atoms with E-state index in [1.165, 1.54) is 0 Å². The molecule has 8 nitrogen and oxygen atoms in total. The fourth-order valence-corrected chi connectivity index (χ4v) is 5.42. The minimum absolute atomic E-state index is 0.0135. The number of ether oxygens (including phenoxy) is 1. The van der Waals surface area contributed by atoms with Crippen molar-refractivity contribution in [3.05, 3.63) is 29.3 Å². The fraction of sp³-hybridized carbons (Fsp3) is 0.680. The predicted octanol–water partition coefficient (Wildman–Crippen LogP) is 3.86. The molecule has 0 bridgehead atoms. The van der Waals surface area contributed by atoms with E-state index in [1.54, 1.807) is 28.9 Å². The van der Waals surface area contributed by atoms with Crippen molar-refractivity contribution < 1.29 is 22.7 Å². The number of aryl methyl sites for hydroxylation is 2. The lowest BCUT2D eigenvalue weighted by Crippen LogP contribution is -2.48. The first-order valence-electron chi connectivity index (χ1n) is 12.0. The van der Waals surface area contributed by atoms with Gasteiger partial charge in [-0.25, -0.2) is 17.9 Å². The van der Waals surface area contributed by atoms with Crippen LogP contribution in [0, 0.1) is 19.8 Å². The van der Waals surface area contributed by atoms with Crippen molar-refractivity contribution in [2.24, 2.45) is 5.92 Å². The van der Waals surface area contributed by atoms with Crippen molar-refractivity contribution in [3.63, 3.8) is 0 Å². The summed E-state index contributed by atoms with van der Waals surface area (Å²) in [5, 5.41) is 0. The number of carbonyl (C=O) groups is 2. The van der Waals surface area contributed by atoms with Crippen LogP contribution in [-0.4, -0.2) is 68.0 Å². The first kappa shape index (κ1) is 28.1. The van der Waals surface area contributed by atoms with Crippen LogP contribution in [0.15, 0.2) is 23.1 Å². The van der Waals surface area contributed by atoms with E-state index in [-0.39, 0.29) is 41.8 Å². The molecule has 192 valence electrons. The molecule has 1 aromatic rings. The minimum atomic E-state index is -3.68. The molecule has 0 aliphatic carbocycles. The number of benzene rings is 1. The Balaban J connectivity index is 1.92. The number of hydrogen-bond acceptors (Lipinski definition) is 5. The highest BCUT2D eigenvalue weighted by Crippen LogP contribution is 2.21. The standard InChI is InChI=1S/C25H41N3O5S/c1-18(2)28(24(30)33-25(5,6)7)17-21-9-8-14-27(16-21)23(29)12-13-26-34(31,32)22-15-19(3)10-11-20(22)4/h10-11,15,18,21,26H,8-9,12-14,16-17H2,1-7H3. The van der Waals surface area contributed by atoms with Gasteiger partial charge in [-0.3, -0.25) is 4.79 Å². The molecule has 1 fully saturated rings. The first-order chi connectivity index (χ1) is 15.7. The van der Waals surface area contributed by atoms with Gasteiger partial charge in [-0.2, -0.15) is 0 Å². The molecule has 1 atom stereocenters. The fourth-order valence-electron chi connectivity index (χ4n) is 4.06. The Labute approximate surface area is 205 Å². The van der Waals surface area contributed by atoms with Crippen molar-refractivity contribution in [3.8, 4) is 0 Å². The molecule has 0 radical (unpaired) electrons. The minimum Gasteiger partial charge on any atom is -0.444 e. The molecule has 1 unspecified atom stereocenters. The zero-order valence-corrected chi connectivity index (χ0v) is 22.5. The number of carbonyl (C=O) groups excluding carboxylic acids is 2. The van der Waals surface area contributed by atoms with E-state index in [4.69, 9.17) is 4.74 Å². The summed E-state index contributed by atoms with van der Waals surface area (Å²) < 4.78 is 33.5. The number of hydrogen-bond donors (Lipinski definition) is 1. The van der Waals surface area contributed by atoms with Crippen LogP contribution in [0.25, 0.3) is 0 Å². The molecule has 1 heterocycles. The van der Waals surface area contributed by atoms with Crippen LogP contribution < -0.4 is 4.72 Å². The molecular weight excluding hydrogens is 454 g/mol. The van der Waals surface area contributed by atoms with Crippen LogP contribution in [0.2, 0.25) is 0 Å². The molecule has 1 N–H and O–H groups in total. The second-order valence-corrected chi connectivity index (χ2v) is 12.2. The average Bonchev–Trinajstić information content (AvgIpc) is 2.72. The second kappa shape index (κ2) is 11.5. The number of sulfonamides is 1. The van der Waals surface area contributed by atoms with Crippen LogP contribution >= 0.6 is 0 Å². The van der Waals surface area contributed by atoms with Gasteiger partial charge in [0.05, 0.1) is 4.90 Å². The molecule has 1 aromatic carbocycles. The van der Waals surface area contributed by atoms with Crippen molar-refractivity contribution in [1.82, 2.24) is 14.5 Å². The Morgan fingerprint density at radius 2 is 1.91 bits per heavy atom. The van der Waals surface area contributed by atoms with E-state index in [0.717, 1.165) is 18.4 Å². The smallest absolute Gasteiger partial charge is 0.410 e. The van der Waals surface area contributed by atoms with Gasteiger partial charge < -0.3 is 14.5 Å². The lowest BCUT2D eigenvalue weighted by molar-refractivity contribution is -0.132. The highest BCUT2D eigenvalue weighted by atomic mass is 32.2. The summed E-state index contributed by atoms with van der Waals surface area (Å²) in [7, 11) is -3.68. The van der Waals surface area contributed by atoms with Crippen LogP contribution in [0.1, 0.15) is 65.0 Å². The molecular formula is C25H41N3O5S. The van der Waals surface area contributed by atoms with Gasteiger partial charge in [0.2, 0.25) is 15.9 Å². The van der Waals surface area contributed by atoms with Crippen molar-refractivity contribution in [2.45, 2.75) is 84.3 Å². The van der Waals surface area contributed by atoms with E-state index < -0.39 is 15.6 Å². The number of likely N-dealkylation sites (tertiary alicyclic amines) is 1. The van der Waals surface area contributed by atoms with Crippen LogP contribution in [0.5, 0.6) is 0 Å². The maximum atomic E-state index is 12.8. The lowest BCUT2D eigenvalue weighted by Gasteiger charge is -2.37. The van der Waals surface area contributed by atoms with Gasteiger partial charge in [0.15, 0.2) is 0 Å². The van der Waals surface area contributed by atoms with Gasteiger partial charge in [0, 0.05) is 38.6 Å². The van der Waals surface area contributed by atoms with Crippen molar-refractivity contribution >= 4 is 22.0 Å². The maximum absolute atomic E-state index is 12.8. The largest absolute Gasteiger partial charge is 0.444 e. The summed E-state index contributed by atoms with van der Waals surface area (Å²) in [5.41, 5.74) is 0.967. The number of rotatable bonds is 8. The van der Waals surface area contributed by atoms with Gasteiger partial charge in [-0.05, 0) is 84.4 Å². The third-order valence-corrected chi connectivity index (χ3v) is 7.45. The quantitative estimate of drug-likeness (QED) is 0.591. The number of amides is 2. The monoisotopic (exact) mass is 495 g/mol. The van der Waals surface area contributed by atoms with Gasteiger partial charge >= 0.3 is 6.09 Å². The summed E-state index contributed by atoms with van der Waals surface area (Å²) in [5.74, 6) is 0.0704.